The van der Waals surface area contributed by atoms with Gasteiger partial charge in [0.05, 0.1) is 18.4 Å². The molecule has 1 saturated heterocycles. The van der Waals surface area contributed by atoms with Gasteiger partial charge >= 0.3 is 6.36 Å². The molecule has 1 fully saturated rings. The number of carbonyl (C=O) groups excluding carboxylic acids is 1. The van der Waals surface area contributed by atoms with Gasteiger partial charge in [0.1, 0.15) is 17.9 Å². The second kappa shape index (κ2) is 11.6. The zero-order valence-corrected chi connectivity index (χ0v) is 20.7. The van der Waals surface area contributed by atoms with Crippen LogP contribution in [0.4, 0.5) is 40.8 Å². The van der Waals surface area contributed by atoms with Gasteiger partial charge in [0.2, 0.25) is 17.8 Å². The molecule has 1 aliphatic rings. The Morgan fingerprint density at radius 1 is 1.11 bits per heavy atom. The highest BCUT2D eigenvalue weighted by molar-refractivity contribution is 5.90. The standard InChI is InChI=1S/C25H26F4N6O3/c1-15-21(32-16(2)36)8-7-20(26)22(15)33-23-30-14-31-24(34-23)35-11-9-18(10-12-35)37-13-17-3-5-19(6-4-17)38-25(27,28)29/h3-8,14,18H,9-13H2,1-2H3,(H,32,36)(H,30,31,33,34). The Morgan fingerprint density at radius 2 is 1.82 bits per heavy atom. The molecule has 0 aliphatic carbocycles. The average molecular weight is 535 g/mol. The van der Waals surface area contributed by atoms with Crippen LogP contribution in [0.5, 0.6) is 5.75 Å². The van der Waals surface area contributed by atoms with E-state index in [2.05, 4.69) is 30.3 Å². The van der Waals surface area contributed by atoms with Crippen LogP contribution < -0.4 is 20.3 Å². The van der Waals surface area contributed by atoms with Crippen molar-refractivity contribution in [3.05, 3.63) is 59.7 Å². The number of amides is 1. The lowest BCUT2D eigenvalue weighted by atomic mass is 10.1. The third kappa shape index (κ3) is 7.28. The number of hydrogen-bond donors (Lipinski definition) is 2. The van der Waals surface area contributed by atoms with Gasteiger partial charge in [0, 0.05) is 25.7 Å². The molecule has 0 bridgehead atoms. The highest BCUT2D eigenvalue weighted by Gasteiger charge is 2.31. The van der Waals surface area contributed by atoms with Crippen LogP contribution in [0, 0.1) is 12.7 Å². The van der Waals surface area contributed by atoms with Gasteiger partial charge in [-0.2, -0.15) is 4.98 Å². The third-order valence-corrected chi connectivity index (χ3v) is 5.89. The van der Waals surface area contributed by atoms with Crippen LogP contribution in [0.1, 0.15) is 30.9 Å². The monoisotopic (exact) mass is 534 g/mol. The number of ether oxygens (including phenoxy) is 2. The van der Waals surface area contributed by atoms with E-state index < -0.39 is 12.2 Å². The second-order valence-electron chi connectivity index (χ2n) is 8.70. The first-order valence-corrected chi connectivity index (χ1v) is 11.8. The van der Waals surface area contributed by atoms with Crippen LogP contribution >= 0.6 is 0 Å². The molecule has 1 aromatic heterocycles. The van der Waals surface area contributed by atoms with Gasteiger partial charge in [0.15, 0.2) is 0 Å². The van der Waals surface area contributed by atoms with Crippen molar-refractivity contribution in [2.45, 2.75) is 45.8 Å². The van der Waals surface area contributed by atoms with E-state index >= 15 is 0 Å². The molecule has 38 heavy (non-hydrogen) atoms. The van der Waals surface area contributed by atoms with Gasteiger partial charge in [0.25, 0.3) is 0 Å². The van der Waals surface area contributed by atoms with E-state index in [4.69, 9.17) is 4.74 Å². The van der Waals surface area contributed by atoms with Crippen molar-refractivity contribution in [1.82, 2.24) is 15.0 Å². The van der Waals surface area contributed by atoms with Gasteiger partial charge in [-0.3, -0.25) is 4.79 Å². The van der Waals surface area contributed by atoms with Crippen LogP contribution in [0.25, 0.3) is 0 Å². The fourth-order valence-corrected chi connectivity index (χ4v) is 3.99. The summed E-state index contributed by atoms with van der Waals surface area (Å²) >= 11 is 0. The molecule has 3 aromatic rings. The molecule has 1 amide bonds. The molecule has 13 heteroatoms. The first-order chi connectivity index (χ1) is 18.1. The Hall–Kier alpha value is -4.00. The maximum Gasteiger partial charge on any atom is 0.573 e. The molecule has 1 aliphatic heterocycles. The van der Waals surface area contributed by atoms with Gasteiger partial charge in [-0.05, 0) is 55.2 Å². The number of aromatic nitrogens is 3. The largest absolute Gasteiger partial charge is 0.573 e. The number of hydrogen-bond acceptors (Lipinski definition) is 8. The van der Waals surface area contributed by atoms with E-state index in [1.807, 2.05) is 4.90 Å². The number of anilines is 4. The predicted octanol–water partition coefficient (Wildman–Crippen LogP) is 5.11. The molecule has 0 unspecified atom stereocenters. The smallest absolute Gasteiger partial charge is 0.406 e. The van der Waals surface area contributed by atoms with E-state index in [0.29, 0.717) is 43.1 Å². The number of piperidine rings is 1. The highest BCUT2D eigenvalue weighted by atomic mass is 19.4. The SMILES string of the molecule is CC(=O)Nc1ccc(F)c(Nc2ncnc(N3CCC(OCc4ccc(OC(F)(F)F)cc4)CC3)n2)c1C. The number of rotatable bonds is 8. The quantitative estimate of drug-likeness (QED) is 0.385. The molecule has 0 atom stereocenters. The Labute approximate surface area is 216 Å². The molecule has 2 aromatic carbocycles. The van der Waals surface area contributed by atoms with Crippen molar-refractivity contribution >= 4 is 29.2 Å². The Morgan fingerprint density at radius 3 is 2.47 bits per heavy atom. The van der Waals surface area contributed by atoms with Gasteiger partial charge in [-0.1, -0.05) is 12.1 Å². The summed E-state index contributed by atoms with van der Waals surface area (Å²) in [5, 5.41) is 5.55. The molecule has 0 radical (unpaired) electrons. The minimum atomic E-state index is -4.73. The van der Waals surface area contributed by atoms with Gasteiger partial charge < -0.3 is 25.0 Å². The van der Waals surface area contributed by atoms with Crippen LogP contribution in [0.3, 0.4) is 0 Å². The fourth-order valence-electron chi connectivity index (χ4n) is 3.99. The molecular weight excluding hydrogens is 508 g/mol. The lowest BCUT2D eigenvalue weighted by Gasteiger charge is -2.32. The van der Waals surface area contributed by atoms with Crippen LogP contribution in [-0.4, -0.2) is 46.4 Å². The summed E-state index contributed by atoms with van der Waals surface area (Å²) in [6.07, 6.45) is -2.04. The van der Waals surface area contributed by atoms with E-state index in [9.17, 15) is 22.4 Å². The van der Waals surface area contributed by atoms with Crippen molar-refractivity contribution in [2.75, 3.05) is 28.6 Å². The minimum Gasteiger partial charge on any atom is -0.406 e. The van der Waals surface area contributed by atoms with Crippen molar-refractivity contribution in [1.29, 1.82) is 0 Å². The lowest BCUT2D eigenvalue weighted by molar-refractivity contribution is -0.274. The van der Waals surface area contributed by atoms with E-state index in [1.54, 1.807) is 6.92 Å². The van der Waals surface area contributed by atoms with Gasteiger partial charge in [-0.25, -0.2) is 14.4 Å². The predicted molar refractivity (Wildman–Crippen MR) is 132 cm³/mol. The summed E-state index contributed by atoms with van der Waals surface area (Å²) in [4.78, 5) is 26.1. The van der Waals surface area contributed by atoms with E-state index in [1.165, 1.54) is 49.6 Å². The number of nitrogens with zero attached hydrogens (tertiary/aromatic N) is 4. The summed E-state index contributed by atoms with van der Waals surface area (Å²) in [6, 6.07) is 8.31. The van der Waals surface area contributed by atoms with Crippen LogP contribution in [0.15, 0.2) is 42.7 Å². The summed E-state index contributed by atoms with van der Waals surface area (Å²) < 4.78 is 61.2. The number of alkyl halides is 3. The molecule has 9 nitrogen and oxygen atoms in total. The number of carbonyl (C=O) groups is 1. The van der Waals surface area contributed by atoms with Crippen LogP contribution in [-0.2, 0) is 16.1 Å². The topological polar surface area (TPSA) is 102 Å². The van der Waals surface area contributed by atoms with Crippen molar-refractivity contribution < 1.29 is 31.8 Å². The highest BCUT2D eigenvalue weighted by Crippen LogP contribution is 2.29. The van der Waals surface area contributed by atoms with E-state index in [0.717, 1.165) is 5.56 Å². The average Bonchev–Trinajstić information content (AvgIpc) is 2.87. The maximum absolute atomic E-state index is 14.5. The van der Waals surface area contributed by atoms with Crippen LogP contribution in [0.2, 0.25) is 0 Å². The Balaban J connectivity index is 1.32. The Bertz CT molecular complexity index is 1260. The molecule has 2 heterocycles. The molecule has 0 saturated carbocycles. The summed E-state index contributed by atoms with van der Waals surface area (Å²) in [7, 11) is 0. The number of nitrogens with one attached hydrogen (secondary N) is 2. The summed E-state index contributed by atoms with van der Waals surface area (Å²) in [6.45, 7) is 4.53. The molecule has 4 rings (SSSR count). The van der Waals surface area contributed by atoms with Crippen molar-refractivity contribution in [3.63, 3.8) is 0 Å². The lowest BCUT2D eigenvalue weighted by Crippen LogP contribution is -2.38. The van der Waals surface area contributed by atoms with E-state index in [-0.39, 0.29) is 36.0 Å². The molecule has 2 N–H and O–H groups in total. The fraction of sp³-hybridized carbons (Fsp3) is 0.360. The molecular formula is C25H26F4N6O3. The molecule has 0 spiro atoms. The first-order valence-electron chi connectivity index (χ1n) is 11.8. The zero-order chi connectivity index (χ0) is 27.3. The third-order valence-electron chi connectivity index (χ3n) is 5.89. The second-order valence-corrected chi connectivity index (χ2v) is 8.70. The summed E-state index contributed by atoms with van der Waals surface area (Å²) in [5.41, 5.74) is 1.87. The minimum absolute atomic E-state index is 0.0370. The number of benzene rings is 2. The first kappa shape index (κ1) is 27.0. The van der Waals surface area contributed by atoms with Gasteiger partial charge in [-0.15, -0.1) is 13.2 Å². The zero-order valence-electron chi connectivity index (χ0n) is 20.7. The summed E-state index contributed by atoms with van der Waals surface area (Å²) in [5.74, 6) is -0.474. The van der Waals surface area contributed by atoms with Crippen molar-refractivity contribution in [3.8, 4) is 5.75 Å². The Kier molecular flexibility index (Phi) is 8.25. The molecule has 202 valence electrons. The normalized spacial score (nSPS) is 14.3. The van der Waals surface area contributed by atoms with Crippen molar-refractivity contribution in [2.24, 2.45) is 0 Å². The maximum atomic E-state index is 14.5. The number of halogens is 4.